The summed E-state index contributed by atoms with van der Waals surface area (Å²) in [6, 6.07) is 8.25. The summed E-state index contributed by atoms with van der Waals surface area (Å²) >= 11 is 0. The number of aryl methyl sites for hydroxylation is 2. The Bertz CT molecular complexity index is 1890. The van der Waals surface area contributed by atoms with Gasteiger partial charge in [-0.3, -0.25) is 9.69 Å². The summed E-state index contributed by atoms with van der Waals surface area (Å²) < 4.78 is 56.3. The number of amides is 1. The Kier molecular flexibility index (Phi) is 7.24. The van der Waals surface area contributed by atoms with Crippen LogP contribution in [-0.2, 0) is 58.3 Å². The van der Waals surface area contributed by atoms with Crippen molar-refractivity contribution in [3.8, 4) is 6.07 Å². The Morgan fingerprint density at radius 1 is 1.07 bits per heavy atom. The Morgan fingerprint density at radius 3 is 2.39 bits per heavy atom. The van der Waals surface area contributed by atoms with E-state index in [4.69, 9.17) is 0 Å². The molecule has 41 heavy (non-hydrogen) atoms. The van der Waals surface area contributed by atoms with Crippen LogP contribution in [0.2, 0.25) is 0 Å². The predicted octanol–water partition coefficient (Wildman–Crippen LogP) is 1.17. The number of benzene rings is 1. The minimum Gasteiger partial charge on any atom is -0.339 e. The van der Waals surface area contributed by atoms with Crippen LogP contribution in [0.5, 0.6) is 0 Å². The molecule has 212 valence electrons. The van der Waals surface area contributed by atoms with Crippen molar-refractivity contribution in [3.05, 3.63) is 84.0 Å². The van der Waals surface area contributed by atoms with E-state index >= 15 is 0 Å². The third kappa shape index (κ3) is 5.49. The molecular weight excluding hydrogens is 568 g/mol. The van der Waals surface area contributed by atoms with Gasteiger partial charge in [0.25, 0.3) is 10.0 Å². The SMILES string of the molecule is Cn1cnc(S(=O)(=O)N(Cc2ccc(S(C)(=O)=O)cc2)C2Cc3cc(C#N)cnc3N(Cc3cncn3C)C2=O)c1. The molecular formula is C26H26N8O5S2. The van der Waals surface area contributed by atoms with Gasteiger partial charge in [-0.2, -0.15) is 9.57 Å². The van der Waals surface area contributed by atoms with Crippen LogP contribution in [0.3, 0.4) is 0 Å². The second-order valence-electron chi connectivity index (χ2n) is 9.80. The summed E-state index contributed by atoms with van der Waals surface area (Å²) in [5.74, 6) is -0.178. The van der Waals surface area contributed by atoms with Crippen LogP contribution in [-0.4, -0.2) is 63.4 Å². The van der Waals surface area contributed by atoms with Gasteiger partial charge in [-0.05, 0) is 29.3 Å². The molecule has 0 bridgehead atoms. The summed E-state index contributed by atoms with van der Waals surface area (Å²) in [6.07, 6.45) is 8.30. The maximum atomic E-state index is 14.2. The smallest absolute Gasteiger partial charge is 0.263 e. The molecule has 1 aromatic carbocycles. The van der Waals surface area contributed by atoms with Gasteiger partial charge in [-0.1, -0.05) is 12.1 Å². The number of hydrogen-bond acceptors (Lipinski definition) is 9. The molecule has 0 aliphatic carbocycles. The fraction of sp³-hybridized carbons (Fsp3) is 0.269. The van der Waals surface area contributed by atoms with Gasteiger partial charge in [0.1, 0.15) is 17.9 Å². The number of sulfone groups is 1. The molecule has 13 nitrogen and oxygen atoms in total. The van der Waals surface area contributed by atoms with Gasteiger partial charge in [-0.25, -0.2) is 31.8 Å². The Balaban J connectivity index is 1.62. The van der Waals surface area contributed by atoms with E-state index in [9.17, 15) is 26.9 Å². The molecule has 5 rings (SSSR count). The van der Waals surface area contributed by atoms with Gasteiger partial charge in [0.05, 0.1) is 35.4 Å². The van der Waals surface area contributed by atoms with Crippen molar-refractivity contribution in [1.29, 1.82) is 5.26 Å². The standard InChI is InChI=1S/C26H26N8O5S2/c1-31-15-24(30-17-31)41(38,39)34(13-18-4-6-22(7-5-18)40(3,36)37)23-9-20-8-19(10-27)11-29-25(20)33(26(23)35)14-21-12-28-16-32(21)2/h4-8,11-12,15-17,23H,9,13-14H2,1-3H3. The lowest BCUT2D eigenvalue weighted by Gasteiger charge is -2.38. The van der Waals surface area contributed by atoms with Crippen LogP contribution >= 0.6 is 0 Å². The number of pyridine rings is 1. The number of imidazole rings is 2. The van der Waals surface area contributed by atoms with E-state index in [1.54, 1.807) is 37.3 Å². The zero-order valence-electron chi connectivity index (χ0n) is 22.4. The summed E-state index contributed by atoms with van der Waals surface area (Å²) in [5.41, 5.74) is 1.96. The van der Waals surface area contributed by atoms with Crippen LogP contribution in [0.4, 0.5) is 5.82 Å². The number of carbonyl (C=O) groups is 1. The molecule has 0 spiro atoms. The van der Waals surface area contributed by atoms with Crippen molar-refractivity contribution in [2.24, 2.45) is 14.1 Å². The second kappa shape index (κ2) is 10.5. The maximum Gasteiger partial charge on any atom is 0.263 e. The van der Waals surface area contributed by atoms with E-state index in [0.717, 1.165) is 10.6 Å². The molecule has 1 atom stereocenters. The van der Waals surface area contributed by atoms with Gasteiger partial charge in [0, 0.05) is 51.9 Å². The second-order valence-corrected chi connectivity index (χ2v) is 13.7. The fourth-order valence-corrected chi connectivity index (χ4v) is 6.81. The molecule has 1 aliphatic heterocycles. The lowest BCUT2D eigenvalue weighted by molar-refractivity contribution is -0.123. The first-order valence-corrected chi connectivity index (χ1v) is 15.7. The Labute approximate surface area is 237 Å². The average molecular weight is 595 g/mol. The average Bonchev–Trinajstić information content (AvgIpc) is 3.56. The molecule has 15 heteroatoms. The van der Waals surface area contributed by atoms with E-state index in [1.165, 1.54) is 52.5 Å². The number of fused-ring (bicyclic) bond motifs is 1. The monoisotopic (exact) mass is 594 g/mol. The van der Waals surface area contributed by atoms with E-state index in [2.05, 4.69) is 15.0 Å². The fourth-order valence-electron chi connectivity index (χ4n) is 4.64. The van der Waals surface area contributed by atoms with Crippen molar-refractivity contribution in [1.82, 2.24) is 28.4 Å². The predicted molar refractivity (Wildman–Crippen MR) is 146 cm³/mol. The highest BCUT2D eigenvalue weighted by Gasteiger charge is 2.43. The van der Waals surface area contributed by atoms with Crippen molar-refractivity contribution >= 4 is 31.6 Å². The lowest BCUT2D eigenvalue weighted by Crippen LogP contribution is -2.54. The molecule has 0 N–H and O–H groups in total. The number of aromatic nitrogens is 5. The molecule has 0 radical (unpaired) electrons. The van der Waals surface area contributed by atoms with Crippen LogP contribution in [0.25, 0.3) is 0 Å². The topological polar surface area (TPSA) is 164 Å². The molecule has 1 aliphatic rings. The van der Waals surface area contributed by atoms with Crippen LogP contribution in [0.15, 0.2) is 71.5 Å². The summed E-state index contributed by atoms with van der Waals surface area (Å²) in [4.78, 5) is 28.2. The van der Waals surface area contributed by atoms with Crippen molar-refractivity contribution < 1.29 is 21.6 Å². The number of nitriles is 1. The summed E-state index contributed by atoms with van der Waals surface area (Å²) in [7, 11) is -4.39. The first kappa shape index (κ1) is 28.1. The Morgan fingerprint density at radius 2 is 1.80 bits per heavy atom. The zero-order chi connectivity index (χ0) is 29.5. The highest BCUT2D eigenvalue weighted by atomic mass is 32.2. The molecule has 0 saturated carbocycles. The number of sulfonamides is 1. The van der Waals surface area contributed by atoms with Gasteiger partial charge < -0.3 is 9.13 Å². The minimum absolute atomic E-state index is 0.0357. The number of carbonyl (C=O) groups excluding carboxylic acids is 1. The molecule has 1 amide bonds. The van der Waals surface area contributed by atoms with Crippen molar-refractivity contribution in [2.75, 3.05) is 11.2 Å². The van der Waals surface area contributed by atoms with Gasteiger partial charge in [0.15, 0.2) is 14.9 Å². The highest BCUT2D eigenvalue weighted by Crippen LogP contribution is 2.33. The van der Waals surface area contributed by atoms with E-state index in [-0.39, 0.29) is 35.0 Å². The third-order valence-corrected chi connectivity index (χ3v) is 9.69. The van der Waals surface area contributed by atoms with E-state index < -0.39 is 31.8 Å². The van der Waals surface area contributed by atoms with E-state index in [1.807, 2.05) is 6.07 Å². The number of nitrogens with zero attached hydrogens (tertiary/aromatic N) is 8. The summed E-state index contributed by atoms with van der Waals surface area (Å²) in [5, 5.41) is 9.25. The molecule has 1 unspecified atom stereocenters. The summed E-state index contributed by atoms with van der Waals surface area (Å²) in [6.45, 7) is -0.169. The van der Waals surface area contributed by atoms with Crippen LogP contribution < -0.4 is 4.90 Å². The first-order chi connectivity index (χ1) is 19.4. The third-order valence-electron chi connectivity index (χ3n) is 6.82. The molecule has 0 saturated heterocycles. The zero-order valence-corrected chi connectivity index (χ0v) is 24.0. The largest absolute Gasteiger partial charge is 0.339 e. The number of hydrogen-bond donors (Lipinski definition) is 0. The van der Waals surface area contributed by atoms with Gasteiger partial charge >= 0.3 is 0 Å². The number of anilines is 1. The number of rotatable bonds is 8. The van der Waals surface area contributed by atoms with Crippen LogP contribution in [0, 0.1) is 11.3 Å². The molecule has 4 heterocycles. The van der Waals surface area contributed by atoms with Crippen LogP contribution in [0.1, 0.15) is 22.4 Å². The van der Waals surface area contributed by atoms with Crippen molar-refractivity contribution in [2.45, 2.75) is 35.5 Å². The first-order valence-electron chi connectivity index (χ1n) is 12.3. The van der Waals surface area contributed by atoms with Crippen molar-refractivity contribution in [3.63, 3.8) is 0 Å². The molecule has 0 fully saturated rings. The molecule has 4 aromatic rings. The highest BCUT2D eigenvalue weighted by molar-refractivity contribution is 7.90. The normalized spacial score (nSPS) is 15.6. The maximum absolute atomic E-state index is 14.2. The van der Waals surface area contributed by atoms with Gasteiger partial charge in [0.2, 0.25) is 5.91 Å². The molecule has 3 aromatic heterocycles. The van der Waals surface area contributed by atoms with Gasteiger partial charge in [-0.15, -0.1) is 0 Å². The lowest BCUT2D eigenvalue weighted by atomic mass is 9.98. The quantitative estimate of drug-likeness (QED) is 0.291. The Hall–Kier alpha value is -4.39. The van der Waals surface area contributed by atoms with E-state index in [0.29, 0.717) is 22.6 Å². The minimum atomic E-state index is -4.33.